The fourth-order valence-electron chi connectivity index (χ4n) is 3.78. The van der Waals surface area contributed by atoms with Crippen LogP contribution in [0.1, 0.15) is 24.6 Å². The highest BCUT2D eigenvalue weighted by Gasteiger charge is 2.27. The standard InChI is InChI=1S/C20H18F2N6/c1-23-17-10-15(21)9-16(14-3-4-18(22)24-11-14)19(17)28-7-5-13(6-8-28)20-26-25-12-27(20)2/h3-4,9-13H,5-8H2,2H3. The van der Waals surface area contributed by atoms with Gasteiger partial charge in [-0.25, -0.2) is 14.2 Å². The fraction of sp³-hybridized carbons (Fsp3) is 0.300. The van der Waals surface area contributed by atoms with Crippen LogP contribution in [0.15, 0.2) is 36.8 Å². The van der Waals surface area contributed by atoms with E-state index in [1.165, 1.54) is 24.4 Å². The first-order valence-corrected chi connectivity index (χ1v) is 8.98. The number of rotatable bonds is 3. The summed E-state index contributed by atoms with van der Waals surface area (Å²) in [5.41, 5.74) is 2.05. The van der Waals surface area contributed by atoms with E-state index in [9.17, 15) is 8.78 Å². The highest BCUT2D eigenvalue weighted by molar-refractivity contribution is 5.88. The Morgan fingerprint density at radius 2 is 1.96 bits per heavy atom. The summed E-state index contributed by atoms with van der Waals surface area (Å²) in [7, 11) is 1.93. The number of anilines is 1. The SMILES string of the molecule is [C-]#[N+]c1cc(F)cc(-c2ccc(F)nc2)c1N1CCC(c2nncn2C)CC1. The number of hydrogen-bond acceptors (Lipinski definition) is 4. The lowest BCUT2D eigenvalue weighted by Crippen LogP contribution is -2.34. The molecule has 0 spiro atoms. The zero-order valence-electron chi connectivity index (χ0n) is 15.3. The zero-order chi connectivity index (χ0) is 19.7. The van der Waals surface area contributed by atoms with Crippen molar-refractivity contribution in [1.82, 2.24) is 19.7 Å². The Kier molecular flexibility index (Phi) is 4.74. The van der Waals surface area contributed by atoms with Crippen molar-refractivity contribution in [1.29, 1.82) is 0 Å². The molecule has 1 aliphatic rings. The van der Waals surface area contributed by atoms with Crippen LogP contribution in [0.3, 0.4) is 0 Å². The summed E-state index contributed by atoms with van der Waals surface area (Å²) in [5, 5.41) is 8.16. The lowest BCUT2D eigenvalue weighted by Gasteiger charge is -2.35. The molecular weight excluding hydrogens is 362 g/mol. The molecule has 0 aliphatic carbocycles. The normalized spacial score (nSPS) is 14.9. The van der Waals surface area contributed by atoms with Crippen LogP contribution >= 0.6 is 0 Å². The summed E-state index contributed by atoms with van der Waals surface area (Å²) in [4.78, 5) is 9.32. The van der Waals surface area contributed by atoms with Gasteiger partial charge in [-0.3, -0.25) is 0 Å². The number of aryl methyl sites for hydroxylation is 1. The van der Waals surface area contributed by atoms with Crippen molar-refractivity contribution >= 4 is 11.4 Å². The number of pyridine rings is 1. The second-order valence-corrected chi connectivity index (χ2v) is 6.86. The van der Waals surface area contributed by atoms with E-state index in [2.05, 4.69) is 24.9 Å². The zero-order valence-corrected chi connectivity index (χ0v) is 15.3. The van der Waals surface area contributed by atoms with Gasteiger partial charge in [0.1, 0.15) is 18.0 Å². The number of hydrogen-bond donors (Lipinski definition) is 0. The molecule has 3 heterocycles. The summed E-state index contributed by atoms with van der Waals surface area (Å²) >= 11 is 0. The fourth-order valence-corrected chi connectivity index (χ4v) is 3.78. The van der Waals surface area contributed by atoms with Crippen molar-refractivity contribution in [3.05, 3.63) is 65.8 Å². The molecule has 0 N–H and O–H groups in total. The Labute approximate surface area is 161 Å². The van der Waals surface area contributed by atoms with Crippen LogP contribution in [0.2, 0.25) is 0 Å². The molecule has 6 nitrogen and oxygen atoms in total. The van der Waals surface area contributed by atoms with Crippen molar-refractivity contribution < 1.29 is 8.78 Å². The molecule has 1 fully saturated rings. The van der Waals surface area contributed by atoms with Gasteiger partial charge in [-0.2, -0.15) is 4.39 Å². The van der Waals surface area contributed by atoms with Gasteiger partial charge in [-0.1, -0.05) is 0 Å². The molecule has 0 amide bonds. The van der Waals surface area contributed by atoms with E-state index in [1.54, 1.807) is 12.4 Å². The van der Waals surface area contributed by atoms with E-state index in [4.69, 9.17) is 6.57 Å². The molecule has 0 bridgehead atoms. The Hall–Kier alpha value is -3.34. The topological polar surface area (TPSA) is 51.2 Å². The molecule has 3 aromatic rings. The molecule has 28 heavy (non-hydrogen) atoms. The molecule has 0 saturated carbocycles. The lowest BCUT2D eigenvalue weighted by molar-refractivity contribution is 0.474. The van der Waals surface area contributed by atoms with Crippen LogP contribution in [0, 0.1) is 18.3 Å². The quantitative estimate of drug-likeness (QED) is 0.507. The van der Waals surface area contributed by atoms with Crippen LogP contribution in [0.5, 0.6) is 0 Å². The maximum Gasteiger partial charge on any atom is 0.213 e. The first-order chi connectivity index (χ1) is 13.6. The number of benzene rings is 1. The van der Waals surface area contributed by atoms with Crippen molar-refractivity contribution in [2.45, 2.75) is 18.8 Å². The molecule has 1 aliphatic heterocycles. The Balaban J connectivity index is 1.68. The molecule has 0 radical (unpaired) electrons. The molecular formula is C20H18F2N6. The van der Waals surface area contributed by atoms with E-state index in [0.717, 1.165) is 18.7 Å². The first-order valence-electron chi connectivity index (χ1n) is 8.98. The Bertz CT molecular complexity index is 1030. The summed E-state index contributed by atoms with van der Waals surface area (Å²) in [6, 6.07) is 5.42. The van der Waals surface area contributed by atoms with Gasteiger partial charge in [0.05, 0.1) is 12.3 Å². The van der Waals surface area contributed by atoms with Crippen molar-refractivity contribution in [3.8, 4) is 11.1 Å². The second kappa shape index (κ2) is 7.35. The van der Waals surface area contributed by atoms with E-state index >= 15 is 0 Å². The summed E-state index contributed by atoms with van der Waals surface area (Å²) in [6.07, 6.45) is 4.76. The minimum Gasteiger partial charge on any atom is -0.380 e. The van der Waals surface area contributed by atoms with Gasteiger partial charge in [0.2, 0.25) is 11.6 Å². The molecule has 1 saturated heterocycles. The number of nitrogens with zero attached hydrogens (tertiary/aromatic N) is 6. The molecule has 8 heteroatoms. The highest BCUT2D eigenvalue weighted by Crippen LogP contribution is 2.42. The molecule has 0 atom stereocenters. The molecule has 142 valence electrons. The summed E-state index contributed by atoms with van der Waals surface area (Å²) in [6.45, 7) is 8.91. The minimum absolute atomic E-state index is 0.247. The number of halogens is 2. The van der Waals surface area contributed by atoms with Gasteiger partial charge in [0, 0.05) is 37.8 Å². The van der Waals surface area contributed by atoms with Crippen molar-refractivity contribution in [2.24, 2.45) is 7.05 Å². The van der Waals surface area contributed by atoms with E-state index in [-0.39, 0.29) is 11.6 Å². The van der Waals surface area contributed by atoms with Gasteiger partial charge in [0.15, 0.2) is 0 Å². The largest absolute Gasteiger partial charge is 0.380 e. The van der Waals surface area contributed by atoms with Crippen LogP contribution < -0.4 is 4.90 Å². The van der Waals surface area contributed by atoms with Crippen molar-refractivity contribution in [2.75, 3.05) is 18.0 Å². The van der Waals surface area contributed by atoms with Crippen LogP contribution in [0.4, 0.5) is 20.2 Å². The third-order valence-corrected chi connectivity index (χ3v) is 5.14. The molecule has 1 aromatic carbocycles. The van der Waals surface area contributed by atoms with E-state index < -0.39 is 11.8 Å². The Morgan fingerprint density at radius 1 is 1.18 bits per heavy atom. The van der Waals surface area contributed by atoms with Gasteiger partial charge < -0.3 is 9.47 Å². The highest BCUT2D eigenvalue weighted by atomic mass is 19.1. The predicted octanol–water partition coefficient (Wildman–Crippen LogP) is 4.09. The third-order valence-electron chi connectivity index (χ3n) is 5.14. The average Bonchev–Trinajstić information content (AvgIpc) is 3.14. The van der Waals surface area contributed by atoms with E-state index in [0.29, 0.717) is 29.9 Å². The average molecular weight is 380 g/mol. The van der Waals surface area contributed by atoms with Crippen molar-refractivity contribution in [3.63, 3.8) is 0 Å². The second-order valence-electron chi connectivity index (χ2n) is 6.86. The Morgan fingerprint density at radius 3 is 2.57 bits per heavy atom. The van der Waals surface area contributed by atoms with Gasteiger partial charge in [-0.05, 0) is 42.7 Å². The number of aromatic nitrogens is 4. The number of piperidine rings is 1. The van der Waals surface area contributed by atoms with Gasteiger partial charge in [-0.15, -0.1) is 10.2 Å². The first kappa shape index (κ1) is 18.0. The molecule has 4 rings (SSSR count). The minimum atomic E-state index is -0.600. The molecule has 2 aromatic heterocycles. The maximum absolute atomic E-state index is 14.1. The third kappa shape index (κ3) is 3.31. The van der Waals surface area contributed by atoms with Crippen LogP contribution in [-0.2, 0) is 7.05 Å². The summed E-state index contributed by atoms with van der Waals surface area (Å²) < 4.78 is 29.3. The monoisotopic (exact) mass is 380 g/mol. The smallest absolute Gasteiger partial charge is 0.213 e. The van der Waals surface area contributed by atoms with E-state index in [1.807, 2.05) is 11.6 Å². The van der Waals surface area contributed by atoms with Gasteiger partial charge in [0.25, 0.3) is 0 Å². The van der Waals surface area contributed by atoms with Crippen LogP contribution in [-0.4, -0.2) is 32.8 Å². The van der Waals surface area contributed by atoms with Gasteiger partial charge >= 0.3 is 0 Å². The maximum atomic E-state index is 14.1. The molecule has 0 unspecified atom stereocenters. The summed E-state index contributed by atoms with van der Waals surface area (Å²) in [5.74, 6) is 0.142. The predicted molar refractivity (Wildman–Crippen MR) is 101 cm³/mol. The van der Waals surface area contributed by atoms with Crippen LogP contribution in [0.25, 0.3) is 16.0 Å². The lowest BCUT2D eigenvalue weighted by atomic mass is 9.94.